The maximum Gasteiger partial charge on any atom is 0.226 e. The molecule has 1 saturated heterocycles. The number of hydrogen-bond acceptors (Lipinski definition) is 5. The number of amides is 1. The molecule has 6 heteroatoms. The van der Waals surface area contributed by atoms with Crippen LogP contribution >= 0.6 is 11.5 Å². The maximum absolute atomic E-state index is 12.4. The van der Waals surface area contributed by atoms with Crippen molar-refractivity contribution < 1.29 is 4.79 Å². The number of carbonyl (C=O) groups is 1. The molecule has 1 amide bonds. The Kier molecular flexibility index (Phi) is 4.75. The Bertz CT molecular complexity index is 463. The second-order valence-electron chi connectivity index (χ2n) is 6.28. The quantitative estimate of drug-likeness (QED) is 0.923. The van der Waals surface area contributed by atoms with Crippen LogP contribution in [-0.4, -0.2) is 40.5 Å². The molecule has 0 radical (unpaired) electrons. The molecule has 0 aromatic carbocycles. The lowest BCUT2D eigenvalue weighted by Crippen LogP contribution is -2.46. The molecule has 5 nitrogen and oxygen atoms in total. The predicted octanol–water partition coefficient (Wildman–Crippen LogP) is 2.01. The molecule has 2 heterocycles. The van der Waals surface area contributed by atoms with Gasteiger partial charge < -0.3 is 10.2 Å². The SMILES string of the molecule is CC(C)c1nnsc1CNC(=O)C1(C)CCN(C)CC1. The van der Waals surface area contributed by atoms with Crippen molar-refractivity contribution >= 4 is 17.4 Å². The van der Waals surface area contributed by atoms with E-state index in [1.54, 1.807) is 0 Å². The zero-order valence-electron chi connectivity index (χ0n) is 12.8. The molecule has 1 aromatic heterocycles. The van der Waals surface area contributed by atoms with Gasteiger partial charge in [-0.2, -0.15) is 0 Å². The van der Waals surface area contributed by atoms with Gasteiger partial charge in [-0.15, -0.1) is 5.10 Å². The van der Waals surface area contributed by atoms with Crippen LogP contribution in [0.2, 0.25) is 0 Å². The Morgan fingerprint density at radius 1 is 1.45 bits per heavy atom. The lowest BCUT2D eigenvalue weighted by Gasteiger charge is -2.36. The van der Waals surface area contributed by atoms with Crippen molar-refractivity contribution in [3.8, 4) is 0 Å². The third kappa shape index (κ3) is 3.35. The zero-order chi connectivity index (χ0) is 14.8. The summed E-state index contributed by atoms with van der Waals surface area (Å²) in [4.78, 5) is 15.8. The molecule has 0 bridgehead atoms. The van der Waals surface area contributed by atoms with E-state index in [9.17, 15) is 4.79 Å². The molecule has 1 aromatic rings. The molecular weight excluding hydrogens is 272 g/mol. The average molecular weight is 296 g/mol. The number of nitrogens with zero attached hydrogens (tertiary/aromatic N) is 3. The van der Waals surface area contributed by atoms with E-state index in [4.69, 9.17) is 0 Å². The molecule has 20 heavy (non-hydrogen) atoms. The van der Waals surface area contributed by atoms with E-state index in [1.807, 2.05) is 0 Å². The van der Waals surface area contributed by atoms with Crippen LogP contribution in [0.1, 0.15) is 50.1 Å². The summed E-state index contributed by atoms with van der Waals surface area (Å²) in [5.41, 5.74) is 0.770. The Hall–Kier alpha value is -1.01. The van der Waals surface area contributed by atoms with Gasteiger partial charge in [-0.05, 0) is 50.4 Å². The molecule has 1 aliphatic heterocycles. The highest BCUT2D eigenvalue weighted by atomic mass is 32.1. The summed E-state index contributed by atoms with van der Waals surface area (Å²) in [6, 6.07) is 0. The first-order chi connectivity index (χ1) is 9.42. The minimum atomic E-state index is -0.234. The van der Waals surface area contributed by atoms with Crippen molar-refractivity contribution in [2.45, 2.75) is 46.1 Å². The van der Waals surface area contributed by atoms with Gasteiger partial charge in [0.05, 0.1) is 17.1 Å². The summed E-state index contributed by atoms with van der Waals surface area (Å²) in [5, 5.41) is 7.22. The van der Waals surface area contributed by atoms with Crippen LogP contribution in [-0.2, 0) is 11.3 Å². The lowest BCUT2D eigenvalue weighted by molar-refractivity contribution is -0.132. The second-order valence-corrected chi connectivity index (χ2v) is 7.12. The monoisotopic (exact) mass is 296 g/mol. The van der Waals surface area contributed by atoms with Crippen molar-refractivity contribution in [2.75, 3.05) is 20.1 Å². The van der Waals surface area contributed by atoms with Crippen LogP contribution in [0.4, 0.5) is 0 Å². The van der Waals surface area contributed by atoms with Crippen LogP contribution < -0.4 is 5.32 Å². The first-order valence-corrected chi connectivity index (χ1v) is 7.98. The summed E-state index contributed by atoms with van der Waals surface area (Å²) in [7, 11) is 2.11. The van der Waals surface area contributed by atoms with Crippen LogP contribution in [0, 0.1) is 5.41 Å². The van der Waals surface area contributed by atoms with Crippen molar-refractivity contribution in [1.29, 1.82) is 0 Å². The number of piperidine rings is 1. The average Bonchev–Trinajstić information content (AvgIpc) is 2.88. The highest BCUT2D eigenvalue weighted by molar-refractivity contribution is 7.05. The van der Waals surface area contributed by atoms with E-state index < -0.39 is 0 Å². The van der Waals surface area contributed by atoms with Crippen LogP contribution in [0.5, 0.6) is 0 Å². The molecular formula is C14H24N4OS. The number of carbonyl (C=O) groups excluding carboxylic acids is 1. The standard InChI is InChI=1S/C14H24N4OS/c1-10(2)12-11(20-17-16-12)9-15-13(19)14(3)5-7-18(4)8-6-14/h10H,5-9H2,1-4H3,(H,15,19). The topological polar surface area (TPSA) is 58.1 Å². The van der Waals surface area contributed by atoms with E-state index >= 15 is 0 Å². The molecule has 0 saturated carbocycles. The number of nitrogens with one attached hydrogen (secondary N) is 1. The Morgan fingerprint density at radius 2 is 2.10 bits per heavy atom. The van der Waals surface area contributed by atoms with Crippen molar-refractivity contribution in [3.05, 3.63) is 10.6 Å². The summed E-state index contributed by atoms with van der Waals surface area (Å²) in [6.07, 6.45) is 1.85. The Morgan fingerprint density at radius 3 is 2.70 bits per heavy atom. The number of hydrogen-bond donors (Lipinski definition) is 1. The zero-order valence-corrected chi connectivity index (χ0v) is 13.6. The summed E-state index contributed by atoms with van der Waals surface area (Å²) >= 11 is 1.38. The molecule has 0 atom stereocenters. The first kappa shape index (κ1) is 15.4. The minimum absolute atomic E-state index is 0.161. The van der Waals surface area contributed by atoms with Gasteiger partial charge in [-0.1, -0.05) is 25.3 Å². The summed E-state index contributed by atoms with van der Waals surface area (Å²) in [6.45, 7) is 8.80. The smallest absolute Gasteiger partial charge is 0.226 e. The Labute approximate surface area is 124 Å². The minimum Gasteiger partial charge on any atom is -0.351 e. The molecule has 0 spiro atoms. The van der Waals surface area contributed by atoms with E-state index in [2.05, 4.69) is 47.6 Å². The normalized spacial score (nSPS) is 19.2. The van der Waals surface area contributed by atoms with Crippen LogP contribution in [0.3, 0.4) is 0 Å². The van der Waals surface area contributed by atoms with Gasteiger partial charge in [0.2, 0.25) is 5.91 Å². The summed E-state index contributed by atoms with van der Waals surface area (Å²) < 4.78 is 3.99. The number of likely N-dealkylation sites (tertiary alicyclic amines) is 1. The van der Waals surface area contributed by atoms with E-state index in [1.165, 1.54) is 11.5 Å². The van der Waals surface area contributed by atoms with Gasteiger partial charge >= 0.3 is 0 Å². The number of aromatic nitrogens is 2. The fraction of sp³-hybridized carbons (Fsp3) is 0.786. The van der Waals surface area contributed by atoms with Crippen molar-refractivity contribution in [1.82, 2.24) is 19.8 Å². The molecule has 2 rings (SSSR count). The number of rotatable bonds is 4. The third-order valence-electron chi connectivity index (χ3n) is 4.18. The summed E-state index contributed by atoms with van der Waals surface area (Å²) in [5.74, 6) is 0.508. The molecule has 1 N–H and O–H groups in total. The highest BCUT2D eigenvalue weighted by Gasteiger charge is 2.35. The highest BCUT2D eigenvalue weighted by Crippen LogP contribution is 2.30. The van der Waals surface area contributed by atoms with Gasteiger partial charge in [0.1, 0.15) is 0 Å². The van der Waals surface area contributed by atoms with Gasteiger partial charge in [-0.25, -0.2) is 0 Å². The predicted molar refractivity (Wildman–Crippen MR) is 80.7 cm³/mol. The van der Waals surface area contributed by atoms with Crippen molar-refractivity contribution in [3.63, 3.8) is 0 Å². The van der Waals surface area contributed by atoms with Crippen LogP contribution in [0.25, 0.3) is 0 Å². The van der Waals surface area contributed by atoms with Gasteiger partial charge in [-0.3, -0.25) is 4.79 Å². The van der Waals surface area contributed by atoms with Gasteiger partial charge in [0.25, 0.3) is 0 Å². The fourth-order valence-electron chi connectivity index (χ4n) is 2.49. The van der Waals surface area contributed by atoms with Gasteiger partial charge in [0.15, 0.2) is 0 Å². The lowest BCUT2D eigenvalue weighted by atomic mass is 9.79. The molecule has 0 aliphatic carbocycles. The maximum atomic E-state index is 12.4. The molecule has 112 valence electrons. The van der Waals surface area contributed by atoms with Crippen molar-refractivity contribution in [2.24, 2.45) is 5.41 Å². The molecule has 1 fully saturated rings. The van der Waals surface area contributed by atoms with Gasteiger partial charge in [0, 0.05) is 5.41 Å². The molecule has 0 unspecified atom stereocenters. The van der Waals surface area contributed by atoms with E-state index in [0.717, 1.165) is 36.5 Å². The van der Waals surface area contributed by atoms with E-state index in [-0.39, 0.29) is 11.3 Å². The largest absolute Gasteiger partial charge is 0.351 e. The van der Waals surface area contributed by atoms with E-state index in [0.29, 0.717) is 12.5 Å². The Balaban J connectivity index is 1.93. The molecule has 1 aliphatic rings. The van der Waals surface area contributed by atoms with Crippen LogP contribution in [0.15, 0.2) is 0 Å². The fourth-order valence-corrected chi connectivity index (χ4v) is 3.22. The third-order valence-corrected chi connectivity index (χ3v) is 4.92. The second kappa shape index (κ2) is 6.18. The first-order valence-electron chi connectivity index (χ1n) is 7.20.